The van der Waals surface area contributed by atoms with E-state index in [4.69, 9.17) is 15.3 Å². The van der Waals surface area contributed by atoms with Crippen LogP contribution in [0, 0.1) is 0 Å². The number of benzene rings is 1. The molecule has 1 rings (SSSR count). The van der Waals surface area contributed by atoms with Crippen LogP contribution in [0.2, 0.25) is 0 Å². The lowest BCUT2D eigenvalue weighted by atomic mass is 9.89. The molecule has 0 heterocycles. The lowest BCUT2D eigenvalue weighted by Crippen LogP contribution is -2.54. The normalized spacial score (nSPS) is 15.7. The van der Waals surface area contributed by atoms with E-state index in [0.717, 1.165) is 0 Å². The largest absolute Gasteiger partial charge is 0.508 e. The van der Waals surface area contributed by atoms with Gasteiger partial charge in [0.2, 0.25) is 5.60 Å². The van der Waals surface area contributed by atoms with E-state index >= 15 is 0 Å². The summed E-state index contributed by atoms with van der Waals surface area (Å²) in [6.45, 7) is 0. The lowest BCUT2D eigenvalue weighted by Gasteiger charge is -2.26. The Morgan fingerprint density at radius 1 is 1.17 bits per heavy atom. The van der Waals surface area contributed by atoms with Crippen LogP contribution in [0.1, 0.15) is 5.56 Å². The van der Waals surface area contributed by atoms with Crippen molar-refractivity contribution in [1.29, 1.82) is 0 Å². The van der Waals surface area contributed by atoms with E-state index in [2.05, 4.69) is 0 Å². The molecule has 98 valence electrons. The molecule has 0 unspecified atom stereocenters. The second kappa shape index (κ2) is 5.03. The molecule has 0 bridgehead atoms. The zero-order valence-corrected chi connectivity index (χ0v) is 9.15. The van der Waals surface area contributed by atoms with E-state index in [9.17, 15) is 19.8 Å². The number of carboxylic acid groups (broad SMARTS) is 2. The van der Waals surface area contributed by atoms with Gasteiger partial charge in [0.1, 0.15) is 5.75 Å². The maximum absolute atomic E-state index is 10.9. The monoisotopic (exact) mass is 256 g/mol. The summed E-state index contributed by atoms with van der Waals surface area (Å²) in [5.41, 5.74) is -2.57. The molecule has 2 atom stereocenters. The second-order valence-corrected chi connectivity index (χ2v) is 3.81. The standard InChI is InChI=1S/C11H12O7/c12-7-3-1-6(2-4-7)5-11(18,10(16)17)8(13)9(14)15/h1-4,8,12-13,18H,5H2,(H,14,15)(H,16,17)/t8-,11+/m1/s1. The molecular weight excluding hydrogens is 244 g/mol. The van der Waals surface area contributed by atoms with Crippen LogP contribution < -0.4 is 0 Å². The van der Waals surface area contributed by atoms with Gasteiger partial charge in [-0.1, -0.05) is 12.1 Å². The number of hydrogen-bond donors (Lipinski definition) is 5. The summed E-state index contributed by atoms with van der Waals surface area (Å²) in [6, 6.07) is 5.14. The molecule has 5 N–H and O–H groups in total. The Kier molecular flexibility index (Phi) is 3.89. The Morgan fingerprint density at radius 2 is 1.67 bits per heavy atom. The van der Waals surface area contributed by atoms with Crippen molar-refractivity contribution in [3.8, 4) is 5.75 Å². The van der Waals surface area contributed by atoms with Crippen LogP contribution in [-0.2, 0) is 16.0 Å². The molecule has 7 nitrogen and oxygen atoms in total. The summed E-state index contributed by atoms with van der Waals surface area (Å²) < 4.78 is 0. The van der Waals surface area contributed by atoms with Gasteiger partial charge in [0, 0.05) is 6.42 Å². The van der Waals surface area contributed by atoms with E-state index in [1.807, 2.05) is 0 Å². The predicted molar refractivity (Wildman–Crippen MR) is 58.0 cm³/mol. The number of phenols is 1. The van der Waals surface area contributed by atoms with Gasteiger partial charge >= 0.3 is 11.9 Å². The number of hydrogen-bond acceptors (Lipinski definition) is 5. The highest BCUT2D eigenvalue weighted by molar-refractivity contribution is 5.87. The third-order valence-electron chi connectivity index (χ3n) is 2.47. The minimum Gasteiger partial charge on any atom is -0.508 e. The summed E-state index contributed by atoms with van der Waals surface area (Å²) >= 11 is 0. The third kappa shape index (κ3) is 2.76. The average molecular weight is 256 g/mol. The summed E-state index contributed by atoms with van der Waals surface area (Å²) in [4.78, 5) is 21.5. The molecule has 1 aromatic carbocycles. The fourth-order valence-corrected chi connectivity index (χ4v) is 1.42. The fourth-order valence-electron chi connectivity index (χ4n) is 1.42. The van der Waals surface area contributed by atoms with E-state index < -0.39 is 30.1 Å². The molecule has 7 heteroatoms. The predicted octanol–water partition coefficient (Wildman–Crippen LogP) is -0.804. The first kappa shape index (κ1) is 13.9. The van der Waals surface area contributed by atoms with Gasteiger partial charge in [-0.2, -0.15) is 0 Å². The molecule has 0 fully saturated rings. The highest BCUT2D eigenvalue weighted by atomic mass is 16.4. The van der Waals surface area contributed by atoms with Crippen molar-refractivity contribution in [2.24, 2.45) is 0 Å². The number of rotatable bonds is 5. The van der Waals surface area contributed by atoms with Crippen LogP contribution in [0.25, 0.3) is 0 Å². The number of aliphatic carboxylic acids is 2. The van der Waals surface area contributed by atoms with Gasteiger partial charge in [0.25, 0.3) is 0 Å². The summed E-state index contributed by atoms with van der Waals surface area (Å²) in [5.74, 6) is -3.74. The minimum atomic E-state index is -2.83. The third-order valence-corrected chi connectivity index (χ3v) is 2.47. The highest BCUT2D eigenvalue weighted by Gasteiger charge is 2.47. The van der Waals surface area contributed by atoms with Crippen LogP contribution in [0.3, 0.4) is 0 Å². The van der Waals surface area contributed by atoms with Crippen molar-refractivity contribution < 1.29 is 35.1 Å². The molecule has 0 spiro atoms. The van der Waals surface area contributed by atoms with Gasteiger partial charge < -0.3 is 25.5 Å². The van der Waals surface area contributed by atoms with Crippen molar-refractivity contribution in [2.45, 2.75) is 18.1 Å². The van der Waals surface area contributed by atoms with Crippen LogP contribution >= 0.6 is 0 Å². The van der Waals surface area contributed by atoms with Crippen molar-refractivity contribution in [3.05, 3.63) is 29.8 Å². The van der Waals surface area contributed by atoms with Crippen molar-refractivity contribution >= 4 is 11.9 Å². The molecule has 0 aliphatic rings. The molecule has 1 aromatic rings. The van der Waals surface area contributed by atoms with Gasteiger partial charge in [-0.05, 0) is 17.7 Å². The molecule has 0 aromatic heterocycles. The Labute approximate surface area is 102 Å². The summed E-state index contributed by atoms with van der Waals surface area (Å²) in [7, 11) is 0. The van der Waals surface area contributed by atoms with Crippen LogP contribution in [-0.4, -0.2) is 49.2 Å². The Bertz CT molecular complexity index is 453. The fraction of sp³-hybridized carbons (Fsp3) is 0.273. The molecule has 0 amide bonds. The Balaban J connectivity index is 3.03. The quantitative estimate of drug-likeness (QED) is 0.465. The van der Waals surface area contributed by atoms with Crippen molar-refractivity contribution in [1.82, 2.24) is 0 Å². The SMILES string of the molecule is O=C(O)[C@@H](O)[C@@](O)(Cc1ccc(O)cc1)C(=O)O. The summed E-state index contributed by atoms with van der Waals surface area (Å²) in [6.07, 6.45) is -3.06. The van der Waals surface area contributed by atoms with Gasteiger partial charge in [0.15, 0.2) is 6.10 Å². The van der Waals surface area contributed by atoms with Crippen LogP contribution in [0.5, 0.6) is 5.75 Å². The molecule has 0 radical (unpaired) electrons. The zero-order chi connectivity index (χ0) is 13.9. The lowest BCUT2D eigenvalue weighted by molar-refractivity contribution is -0.183. The number of aliphatic hydroxyl groups is 2. The van der Waals surface area contributed by atoms with E-state index in [1.54, 1.807) is 0 Å². The van der Waals surface area contributed by atoms with Gasteiger partial charge in [-0.25, -0.2) is 9.59 Å². The maximum Gasteiger partial charge on any atom is 0.339 e. The molecule has 18 heavy (non-hydrogen) atoms. The van der Waals surface area contributed by atoms with Crippen molar-refractivity contribution in [2.75, 3.05) is 0 Å². The molecule has 0 aliphatic carbocycles. The number of carboxylic acids is 2. The first-order valence-corrected chi connectivity index (χ1v) is 4.92. The van der Waals surface area contributed by atoms with E-state index in [1.165, 1.54) is 24.3 Å². The Hall–Kier alpha value is -2.12. The first-order chi connectivity index (χ1) is 8.27. The highest BCUT2D eigenvalue weighted by Crippen LogP contribution is 2.20. The molecular formula is C11H12O7. The molecule has 0 aliphatic heterocycles. The van der Waals surface area contributed by atoms with Gasteiger partial charge in [-0.15, -0.1) is 0 Å². The average Bonchev–Trinajstić information content (AvgIpc) is 2.30. The number of carbonyl (C=O) groups is 2. The summed E-state index contributed by atoms with van der Waals surface area (Å²) in [5, 5.41) is 45.5. The van der Waals surface area contributed by atoms with Gasteiger partial charge in [-0.3, -0.25) is 0 Å². The Morgan fingerprint density at radius 3 is 2.06 bits per heavy atom. The number of aliphatic hydroxyl groups excluding tert-OH is 1. The first-order valence-electron chi connectivity index (χ1n) is 4.92. The minimum absolute atomic E-state index is 0.0589. The molecule has 0 saturated carbocycles. The number of aromatic hydroxyl groups is 1. The zero-order valence-electron chi connectivity index (χ0n) is 9.15. The van der Waals surface area contributed by atoms with Gasteiger partial charge in [0.05, 0.1) is 0 Å². The van der Waals surface area contributed by atoms with Crippen molar-refractivity contribution in [3.63, 3.8) is 0 Å². The maximum atomic E-state index is 10.9. The topological polar surface area (TPSA) is 135 Å². The van der Waals surface area contributed by atoms with Crippen LogP contribution in [0.15, 0.2) is 24.3 Å². The van der Waals surface area contributed by atoms with E-state index in [-0.39, 0.29) is 11.3 Å². The second-order valence-electron chi connectivity index (χ2n) is 3.81. The van der Waals surface area contributed by atoms with Crippen LogP contribution in [0.4, 0.5) is 0 Å². The molecule has 0 saturated heterocycles. The number of phenolic OH excluding ortho intramolecular Hbond substituents is 1. The van der Waals surface area contributed by atoms with E-state index in [0.29, 0.717) is 0 Å². The smallest absolute Gasteiger partial charge is 0.339 e.